The van der Waals surface area contributed by atoms with Crippen LogP contribution in [0.25, 0.3) is 6.08 Å². The molecule has 20 heavy (non-hydrogen) atoms. The number of aliphatic carboxylic acids is 1. The molecule has 106 valence electrons. The highest BCUT2D eigenvalue weighted by molar-refractivity contribution is 5.96. The van der Waals surface area contributed by atoms with Crippen molar-refractivity contribution in [1.82, 2.24) is 5.32 Å². The predicted molar refractivity (Wildman–Crippen MR) is 77.5 cm³/mol. The minimum absolute atomic E-state index is 0.0834. The lowest BCUT2D eigenvalue weighted by atomic mass is 9.85. The number of carboxylic acids is 1. The normalized spacial score (nSPS) is 15.1. The molecule has 1 aromatic carbocycles. The molecular weight excluding hydrogens is 254 g/mol. The molecule has 0 spiro atoms. The maximum Gasteiger partial charge on any atom is 0.328 e. The van der Waals surface area contributed by atoms with Gasteiger partial charge in [0.25, 0.3) is 5.91 Å². The third-order valence-corrected chi connectivity index (χ3v) is 3.70. The lowest BCUT2D eigenvalue weighted by molar-refractivity contribution is -0.131. The van der Waals surface area contributed by atoms with Crippen LogP contribution in [-0.2, 0) is 4.79 Å². The highest BCUT2D eigenvalue weighted by atomic mass is 16.4. The van der Waals surface area contributed by atoms with Crippen LogP contribution in [0.3, 0.4) is 0 Å². The first kappa shape index (κ1) is 14.3. The molecule has 1 fully saturated rings. The van der Waals surface area contributed by atoms with Crippen LogP contribution >= 0.6 is 0 Å². The van der Waals surface area contributed by atoms with Crippen LogP contribution in [0.1, 0.15) is 40.7 Å². The molecule has 0 bridgehead atoms. The third-order valence-electron chi connectivity index (χ3n) is 3.70. The van der Waals surface area contributed by atoms with Crippen LogP contribution in [0.2, 0.25) is 0 Å². The van der Waals surface area contributed by atoms with Crippen molar-refractivity contribution in [3.8, 4) is 0 Å². The highest BCUT2D eigenvalue weighted by Crippen LogP contribution is 2.25. The van der Waals surface area contributed by atoms with Crippen molar-refractivity contribution in [2.45, 2.75) is 26.2 Å². The van der Waals surface area contributed by atoms with Crippen LogP contribution in [0.5, 0.6) is 0 Å². The summed E-state index contributed by atoms with van der Waals surface area (Å²) in [6.07, 6.45) is 6.21. The lowest BCUT2D eigenvalue weighted by Gasteiger charge is -2.25. The monoisotopic (exact) mass is 273 g/mol. The molecule has 0 unspecified atom stereocenters. The van der Waals surface area contributed by atoms with E-state index in [0.29, 0.717) is 17.0 Å². The van der Waals surface area contributed by atoms with Crippen LogP contribution in [0.15, 0.2) is 24.3 Å². The Bertz CT molecular complexity index is 545. The molecule has 1 amide bonds. The average Bonchev–Trinajstić information content (AvgIpc) is 2.35. The molecule has 0 atom stereocenters. The Labute approximate surface area is 118 Å². The van der Waals surface area contributed by atoms with E-state index in [1.807, 2.05) is 13.0 Å². The van der Waals surface area contributed by atoms with E-state index >= 15 is 0 Å². The third kappa shape index (κ3) is 3.70. The molecule has 1 saturated carbocycles. The van der Waals surface area contributed by atoms with E-state index < -0.39 is 5.97 Å². The first-order valence-electron chi connectivity index (χ1n) is 6.86. The van der Waals surface area contributed by atoms with E-state index in [1.54, 1.807) is 12.1 Å². The van der Waals surface area contributed by atoms with Crippen LogP contribution < -0.4 is 5.32 Å². The van der Waals surface area contributed by atoms with E-state index in [0.717, 1.165) is 18.2 Å². The smallest absolute Gasteiger partial charge is 0.328 e. The second-order valence-corrected chi connectivity index (χ2v) is 5.25. The molecule has 0 aliphatic heterocycles. The van der Waals surface area contributed by atoms with Crippen molar-refractivity contribution in [3.05, 3.63) is 41.0 Å². The van der Waals surface area contributed by atoms with Gasteiger partial charge in [-0.1, -0.05) is 18.6 Å². The minimum atomic E-state index is -0.999. The summed E-state index contributed by atoms with van der Waals surface area (Å²) < 4.78 is 0. The molecule has 1 aliphatic rings. The van der Waals surface area contributed by atoms with E-state index in [9.17, 15) is 9.59 Å². The molecule has 2 N–H and O–H groups in total. The number of carbonyl (C=O) groups is 2. The van der Waals surface area contributed by atoms with Gasteiger partial charge in [0, 0.05) is 18.2 Å². The van der Waals surface area contributed by atoms with Gasteiger partial charge >= 0.3 is 5.97 Å². The molecule has 0 aromatic heterocycles. The van der Waals surface area contributed by atoms with Gasteiger partial charge in [-0.05, 0) is 49.0 Å². The zero-order valence-electron chi connectivity index (χ0n) is 11.6. The average molecular weight is 273 g/mol. The summed E-state index contributed by atoms with van der Waals surface area (Å²) in [4.78, 5) is 22.7. The Morgan fingerprint density at radius 1 is 1.40 bits per heavy atom. The Morgan fingerprint density at radius 2 is 2.15 bits per heavy atom. The van der Waals surface area contributed by atoms with Crippen molar-refractivity contribution in [1.29, 1.82) is 0 Å². The topological polar surface area (TPSA) is 66.4 Å². The van der Waals surface area contributed by atoms with Gasteiger partial charge in [0.1, 0.15) is 0 Å². The van der Waals surface area contributed by atoms with Gasteiger partial charge in [-0.25, -0.2) is 4.79 Å². The largest absolute Gasteiger partial charge is 0.478 e. The summed E-state index contributed by atoms with van der Waals surface area (Å²) in [5, 5.41) is 11.6. The predicted octanol–water partition coefficient (Wildman–Crippen LogP) is 2.62. The molecule has 0 saturated heterocycles. The number of nitrogens with one attached hydrogen (secondary N) is 1. The lowest BCUT2D eigenvalue weighted by Crippen LogP contribution is -2.32. The maximum absolute atomic E-state index is 12.1. The highest BCUT2D eigenvalue weighted by Gasteiger charge is 2.18. The summed E-state index contributed by atoms with van der Waals surface area (Å²) in [6.45, 7) is 2.61. The van der Waals surface area contributed by atoms with Crippen LogP contribution in [-0.4, -0.2) is 23.5 Å². The maximum atomic E-state index is 12.1. The standard InChI is InChI=1S/C16H19NO3/c1-11-5-6-12(7-8-15(18)19)9-14(11)16(20)17-10-13-3-2-4-13/h5-9,13H,2-4,10H2,1H3,(H,17,20)(H,18,19). The SMILES string of the molecule is Cc1ccc(C=CC(=O)O)cc1C(=O)NCC1CCC1. The van der Waals surface area contributed by atoms with Gasteiger partial charge in [0.2, 0.25) is 0 Å². The number of carboxylic acid groups (broad SMARTS) is 1. The Hall–Kier alpha value is -2.10. The number of hydrogen-bond donors (Lipinski definition) is 2. The number of hydrogen-bond acceptors (Lipinski definition) is 2. The van der Waals surface area contributed by atoms with E-state index in [1.165, 1.54) is 25.3 Å². The van der Waals surface area contributed by atoms with Gasteiger partial charge in [0.05, 0.1) is 0 Å². The molecule has 0 heterocycles. The first-order chi connectivity index (χ1) is 9.56. The fourth-order valence-corrected chi connectivity index (χ4v) is 2.18. The second-order valence-electron chi connectivity index (χ2n) is 5.25. The van der Waals surface area contributed by atoms with Crippen LogP contribution in [0.4, 0.5) is 0 Å². The van der Waals surface area contributed by atoms with Crippen molar-refractivity contribution < 1.29 is 14.7 Å². The number of carbonyl (C=O) groups excluding carboxylic acids is 1. The quantitative estimate of drug-likeness (QED) is 0.810. The van der Waals surface area contributed by atoms with Gasteiger partial charge in [0.15, 0.2) is 0 Å². The van der Waals surface area contributed by atoms with Gasteiger partial charge in [-0.2, -0.15) is 0 Å². The summed E-state index contributed by atoms with van der Waals surface area (Å²) in [5.41, 5.74) is 2.22. The van der Waals surface area contributed by atoms with E-state index in [4.69, 9.17) is 5.11 Å². The second kappa shape index (κ2) is 6.37. The van der Waals surface area contributed by atoms with Crippen LogP contribution in [0, 0.1) is 12.8 Å². The number of benzene rings is 1. The zero-order valence-corrected chi connectivity index (χ0v) is 11.6. The zero-order chi connectivity index (χ0) is 14.5. The molecule has 2 rings (SSSR count). The van der Waals surface area contributed by atoms with Crippen molar-refractivity contribution in [3.63, 3.8) is 0 Å². The van der Waals surface area contributed by atoms with Crippen molar-refractivity contribution in [2.24, 2.45) is 5.92 Å². The number of amides is 1. The van der Waals surface area contributed by atoms with Gasteiger partial charge < -0.3 is 10.4 Å². The molecule has 0 radical (unpaired) electrons. The van der Waals surface area contributed by atoms with Crippen molar-refractivity contribution in [2.75, 3.05) is 6.54 Å². The molecular formula is C16H19NO3. The molecule has 4 heteroatoms. The summed E-state index contributed by atoms with van der Waals surface area (Å²) >= 11 is 0. The summed E-state index contributed by atoms with van der Waals surface area (Å²) in [5.74, 6) is -0.462. The van der Waals surface area contributed by atoms with Gasteiger partial charge in [-0.15, -0.1) is 0 Å². The minimum Gasteiger partial charge on any atom is -0.478 e. The van der Waals surface area contributed by atoms with Crippen molar-refractivity contribution >= 4 is 18.0 Å². The fraction of sp³-hybridized carbons (Fsp3) is 0.375. The Kier molecular flexibility index (Phi) is 4.56. The first-order valence-corrected chi connectivity index (χ1v) is 6.86. The van der Waals surface area contributed by atoms with E-state index in [-0.39, 0.29) is 5.91 Å². The Morgan fingerprint density at radius 3 is 2.75 bits per heavy atom. The van der Waals surface area contributed by atoms with E-state index in [2.05, 4.69) is 5.32 Å². The molecule has 1 aliphatic carbocycles. The summed E-state index contributed by atoms with van der Waals surface area (Å²) in [7, 11) is 0. The number of rotatable bonds is 5. The summed E-state index contributed by atoms with van der Waals surface area (Å²) in [6, 6.07) is 5.36. The molecule has 1 aromatic rings. The fourth-order valence-electron chi connectivity index (χ4n) is 2.18. The van der Waals surface area contributed by atoms with Gasteiger partial charge in [-0.3, -0.25) is 4.79 Å². The Balaban J connectivity index is 2.06. The number of aryl methyl sites for hydroxylation is 1. The molecule has 4 nitrogen and oxygen atoms in total.